The van der Waals surface area contributed by atoms with E-state index in [1.807, 2.05) is 0 Å². The van der Waals surface area contributed by atoms with Gasteiger partial charge in [0, 0.05) is 5.56 Å². The van der Waals surface area contributed by atoms with Crippen LogP contribution in [0.25, 0.3) is 0 Å². The summed E-state index contributed by atoms with van der Waals surface area (Å²) in [7, 11) is 0. The largest absolute Gasteiger partial charge is 0.310 e. The fourth-order valence-corrected chi connectivity index (χ4v) is 1.07. The molecule has 0 aliphatic heterocycles. The average Bonchev–Trinajstić information content (AvgIpc) is 2.05. The minimum absolute atomic E-state index is 0.0908. The fourth-order valence-electron chi connectivity index (χ4n) is 0.695. The number of hydrogen-bond donors (Lipinski definition) is 0. The third-order valence-electron chi connectivity index (χ3n) is 1.17. The van der Waals surface area contributed by atoms with Crippen LogP contribution < -0.4 is 0 Å². The van der Waals surface area contributed by atoms with Gasteiger partial charge < -0.3 is 0 Å². The molecule has 0 aromatic heterocycles. The summed E-state index contributed by atoms with van der Waals surface area (Å²) in [5, 5.41) is 9.39. The van der Waals surface area contributed by atoms with E-state index < -0.39 is 9.44 Å². The second kappa shape index (κ2) is 3.87. The van der Waals surface area contributed by atoms with Gasteiger partial charge in [-0.15, -0.1) is 0 Å². The highest BCUT2D eigenvalue weighted by Gasteiger charge is 2.14. The topological polar surface area (TPSA) is 60.2 Å². The summed E-state index contributed by atoms with van der Waals surface area (Å²) in [4.78, 5) is 20.9. The van der Waals surface area contributed by atoms with Gasteiger partial charge in [0.15, 0.2) is 0 Å². The van der Waals surface area contributed by atoms with E-state index in [1.165, 1.54) is 0 Å². The van der Waals surface area contributed by atoms with Gasteiger partial charge in [0.05, 0.1) is 0 Å². The van der Waals surface area contributed by atoms with Crippen molar-refractivity contribution in [2.45, 2.75) is 0 Å². The summed E-state index contributed by atoms with van der Waals surface area (Å²) < 4.78 is -0.713. The minimum atomic E-state index is -0.713. The third kappa shape index (κ3) is 2.35. The Labute approximate surface area is 72.9 Å². The number of carbonyl (C=O) groups is 1. The smallest absolute Gasteiger partial charge is 0.275 e. The molecule has 1 aromatic carbocycles. The number of carbonyl (C=O) groups excluding carboxylic acids is 1. The van der Waals surface area contributed by atoms with Crippen LogP contribution in [0.5, 0.6) is 0 Å². The summed E-state index contributed by atoms with van der Waals surface area (Å²) in [6.45, 7) is 0. The van der Waals surface area contributed by atoms with E-state index in [4.69, 9.17) is 0 Å². The minimum Gasteiger partial charge on any atom is -0.275 e. The van der Waals surface area contributed by atoms with Crippen LogP contribution in [0.3, 0.4) is 0 Å². The normalized spacial score (nSPS) is 9.33. The summed E-state index contributed by atoms with van der Waals surface area (Å²) >= 11 is 0.0908. The van der Waals surface area contributed by atoms with Crippen molar-refractivity contribution >= 4 is 17.1 Å². The SMILES string of the molecule is O=C(S[N+](=O)[O-])c1ccccc1. The molecule has 1 aromatic rings. The van der Waals surface area contributed by atoms with Crippen molar-refractivity contribution in [1.82, 2.24) is 0 Å². The molecule has 0 aliphatic rings. The van der Waals surface area contributed by atoms with Gasteiger partial charge in [0.2, 0.25) is 0 Å². The van der Waals surface area contributed by atoms with Crippen LogP contribution >= 0.6 is 11.9 Å². The van der Waals surface area contributed by atoms with Crippen molar-refractivity contribution < 1.29 is 9.12 Å². The molecule has 1 rings (SSSR count). The van der Waals surface area contributed by atoms with Crippen molar-refractivity contribution in [2.24, 2.45) is 0 Å². The predicted octanol–water partition coefficient (Wildman–Crippen LogP) is 1.75. The number of rotatable bonds is 2. The maximum atomic E-state index is 11.0. The number of nitro groups is 1. The lowest BCUT2D eigenvalue weighted by Crippen LogP contribution is -1.96. The molecule has 0 atom stereocenters. The molecular formula is C7H5NO3S. The molecule has 0 amide bonds. The molecule has 12 heavy (non-hydrogen) atoms. The molecule has 0 radical (unpaired) electrons. The molecule has 0 saturated heterocycles. The van der Waals surface area contributed by atoms with Crippen molar-refractivity contribution in [3.05, 3.63) is 46.0 Å². The monoisotopic (exact) mass is 183 g/mol. The van der Waals surface area contributed by atoms with E-state index >= 15 is 0 Å². The number of benzene rings is 1. The Bertz CT molecular complexity index is 299. The van der Waals surface area contributed by atoms with Gasteiger partial charge in [-0.1, -0.05) is 30.3 Å². The van der Waals surface area contributed by atoms with Crippen molar-refractivity contribution in [2.75, 3.05) is 0 Å². The van der Waals surface area contributed by atoms with Crippen LogP contribution in [0.15, 0.2) is 30.3 Å². The Kier molecular flexibility index (Phi) is 2.82. The molecule has 0 aliphatic carbocycles. The lowest BCUT2D eigenvalue weighted by atomic mass is 10.2. The Morgan fingerprint density at radius 1 is 1.33 bits per heavy atom. The lowest BCUT2D eigenvalue weighted by molar-refractivity contribution is -0.282. The van der Waals surface area contributed by atoms with Crippen LogP contribution in [0, 0.1) is 10.1 Å². The average molecular weight is 183 g/mol. The van der Waals surface area contributed by atoms with Gasteiger partial charge in [-0.3, -0.25) is 14.9 Å². The standard InChI is InChI=1S/C7H5NO3S/c9-7(12-8(10)11)6-4-2-1-3-5-6/h1-5H. The molecule has 62 valence electrons. The Morgan fingerprint density at radius 3 is 2.42 bits per heavy atom. The van der Waals surface area contributed by atoms with Crippen molar-refractivity contribution in [1.29, 1.82) is 0 Å². The summed E-state index contributed by atoms with van der Waals surface area (Å²) in [6.07, 6.45) is 0. The van der Waals surface area contributed by atoms with Crippen LogP contribution in [-0.2, 0) is 0 Å². The van der Waals surface area contributed by atoms with Crippen LogP contribution in [0.1, 0.15) is 10.4 Å². The van der Waals surface area contributed by atoms with Gasteiger partial charge in [0.1, 0.15) is 4.33 Å². The summed E-state index contributed by atoms with van der Waals surface area (Å²) in [6, 6.07) is 8.15. The zero-order valence-electron chi connectivity index (χ0n) is 5.97. The highest BCUT2D eigenvalue weighted by molar-refractivity contribution is 8.08. The van der Waals surface area contributed by atoms with E-state index in [9.17, 15) is 14.9 Å². The highest BCUT2D eigenvalue weighted by atomic mass is 32.2. The van der Waals surface area contributed by atoms with Crippen LogP contribution in [-0.4, -0.2) is 9.44 Å². The van der Waals surface area contributed by atoms with Crippen LogP contribution in [0.2, 0.25) is 0 Å². The molecule has 0 unspecified atom stereocenters. The van der Waals surface area contributed by atoms with Gasteiger partial charge in [-0.25, -0.2) is 0 Å². The van der Waals surface area contributed by atoms with Gasteiger partial charge >= 0.3 is 11.9 Å². The van der Waals surface area contributed by atoms with E-state index in [-0.39, 0.29) is 11.9 Å². The zero-order chi connectivity index (χ0) is 8.97. The van der Waals surface area contributed by atoms with Crippen LogP contribution in [0.4, 0.5) is 0 Å². The maximum Gasteiger partial charge on any atom is 0.310 e. The molecular weight excluding hydrogens is 178 g/mol. The summed E-state index contributed by atoms with van der Waals surface area (Å²) in [5.74, 6) is 0. The Morgan fingerprint density at radius 2 is 1.92 bits per heavy atom. The maximum absolute atomic E-state index is 11.0. The fraction of sp³-hybridized carbons (Fsp3) is 0. The predicted molar refractivity (Wildman–Crippen MR) is 45.4 cm³/mol. The quantitative estimate of drug-likeness (QED) is 0.398. The second-order valence-electron chi connectivity index (χ2n) is 1.97. The second-order valence-corrected chi connectivity index (χ2v) is 2.82. The summed E-state index contributed by atoms with van der Waals surface area (Å²) in [5.41, 5.74) is 0.346. The molecule has 0 spiro atoms. The molecule has 0 N–H and O–H groups in total. The Hall–Kier alpha value is -1.36. The van der Waals surface area contributed by atoms with Gasteiger partial charge in [-0.05, 0) is 0 Å². The first-order valence-electron chi connectivity index (χ1n) is 3.12. The molecule has 0 bridgehead atoms. The van der Waals surface area contributed by atoms with Crippen molar-refractivity contribution in [3.8, 4) is 0 Å². The van der Waals surface area contributed by atoms with Gasteiger partial charge in [0.25, 0.3) is 5.12 Å². The molecule has 0 heterocycles. The van der Waals surface area contributed by atoms with E-state index in [2.05, 4.69) is 0 Å². The van der Waals surface area contributed by atoms with E-state index in [0.29, 0.717) is 5.56 Å². The number of nitrogens with zero attached hydrogens (tertiary/aromatic N) is 1. The highest BCUT2D eigenvalue weighted by Crippen LogP contribution is 2.11. The first-order chi connectivity index (χ1) is 5.70. The lowest BCUT2D eigenvalue weighted by Gasteiger charge is -1.90. The van der Waals surface area contributed by atoms with E-state index in [1.54, 1.807) is 30.3 Å². The third-order valence-corrected chi connectivity index (χ3v) is 1.72. The van der Waals surface area contributed by atoms with E-state index in [0.717, 1.165) is 0 Å². The molecule has 0 fully saturated rings. The first kappa shape index (κ1) is 8.73. The van der Waals surface area contributed by atoms with Gasteiger partial charge in [-0.2, -0.15) is 0 Å². The molecule has 4 nitrogen and oxygen atoms in total. The first-order valence-corrected chi connectivity index (χ1v) is 3.89. The molecule has 5 heteroatoms. The number of hydrogen-bond acceptors (Lipinski definition) is 4. The Balaban J connectivity index is 2.73. The zero-order valence-corrected chi connectivity index (χ0v) is 6.78. The molecule has 0 saturated carbocycles. The van der Waals surface area contributed by atoms with Crippen molar-refractivity contribution in [3.63, 3.8) is 0 Å².